The van der Waals surface area contributed by atoms with Crippen molar-refractivity contribution in [1.29, 1.82) is 0 Å². The van der Waals surface area contributed by atoms with Crippen LogP contribution in [0, 0.1) is 0 Å². The van der Waals surface area contributed by atoms with Crippen molar-refractivity contribution in [3.8, 4) is 79.4 Å². The molecule has 4 rings (SSSR count). The summed E-state index contributed by atoms with van der Waals surface area (Å²) in [5, 5.41) is 79.8. The van der Waals surface area contributed by atoms with E-state index in [1.165, 1.54) is 42.5 Å². The fraction of sp³-hybridized carbons (Fsp3) is 0. The molecular formula is C24H18O8. The number of hydrogen-bond acceptors (Lipinski definition) is 8. The molecule has 4 aromatic carbocycles. The minimum atomic E-state index is -0.716. The number of phenolic OH excluding ortho intramolecular Hbond substituents is 8. The Balaban J connectivity index is 2.02. The smallest absolute Gasteiger partial charge is 0.200 e. The fourth-order valence-electron chi connectivity index (χ4n) is 3.46. The third kappa shape index (κ3) is 3.39. The quantitative estimate of drug-likeness (QED) is 0.221. The van der Waals surface area contributed by atoms with E-state index < -0.39 is 34.5 Å². The van der Waals surface area contributed by atoms with Gasteiger partial charge in [-0.25, -0.2) is 0 Å². The molecular weight excluding hydrogens is 416 g/mol. The van der Waals surface area contributed by atoms with Gasteiger partial charge in [-0.05, 0) is 71.3 Å². The molecule has 0 heterocycles. The van der Waals surface area contributed by atoms with Crippen molar-refractivity contribution in [2.75, 3.05) is 0 Å². The number of hydrogen-bond donors (Lipinski definition) is 8. The van der Waals surface area contributed by atoms with Crippen molar-refractivity contribution in [1.82, 2.24) is 0 Å². The summed E-state index contributed by atoms with van der Waals surface area (Å²) in [6.07, 6.45) is 0. The Kier molecular flexibility index (Phi) is 4.82. The molecule has 0 aliphatic heterocycles. The van der Waals surface area contributed by atoms with E-state index in [9.17, 15) is 40.9 Å². The van der Waals surface area contributed by atoms with Gasteiger partial charge in [-0.2, -0.15) is 0 Å². The molecule has 8 N–H and O–H groups in total. The van der Waals surface area contributed by atoms with Crippen LogP contribution in [-0.4, -0.2) is 40.9 Å². The second-order valence-corrected chi connectivity index (χ2v) is 7.16. The van der Waals surface area contributed by atoms with Crippen LogP contribution in [0.3, 0.4) is 0 Å². The molecule has 0 radical (unpaired) electrons. The lowest BCUT2D eigenvalue weighted by molar-refractivity contribution is 0.369. The van der Waals surface area contributed by atoms with Crippen LogP contribution < -0.4 is 0 Å². The lowest BCUT2D eigenvalue weighted by atomic mass is 9.92. The van der Waals surface area contributed by atoms with Gasteiger partial charge in [-0.15, -0.1) is 0 Å². The largest absolute Gasteiger partial charge is 0.508 e. The van der Waals surface area contributed by atoms with Gasteiger partial charge in [0.05, 0.1) is 0 Å². The number of benzene rings is 4. The SMILES string of the molecule is Oc1ccc(-c2cc(-c3ccc(O)c(O)c3O)cc(-c3ccc(O)c(O)c3O)c2)c(O)c1. The van der Waals surface area contributed by atoms with Crippen LogP contribution in [0.4, 0.5) is 0 Å². The van der Waals surface area contributed by atoms with Crippen LogP contribution in [-0.2, 0) is 0 Å². The van der Waals surface area contributed by atoms with Gasteiger partial charge in [0.1, 0.15) is 11.5 Å². The fourth-order valence-corrected chi connectivity index (χ4v) is 3.46. The summed E-state index contributed by atoms with van der Waals surface area (Å²) in [6, 6.07) is 13.8. The van der Waals surface area contributed by atoms with Crippen molar-refractivity contribution >= 4 is 0 Å². The average Bonchev–Trinajstić information content (AvgIpc) is 2.75. The molecule has 0 aliphatic rings. The van der Waals surface area contributed by atoms with E-state index in [1.54, 1.807) is 12.1 Å². The van der Waals surface area contributed by atoms with Gasteiger partial charge in [0.15, 0.2) is 23.0 Å². The molecule has 0 spiro atoms. The maximum atomic E-state index is 10.4. The molecule has 4 aromatic rings. The summed E-state index contributed by atoms with van der Waals surface area (Å²) in [5.41, 5.74) is 1.69. The van der Waals surface area contributed by atoms with Crippen LogP contribution in [0.1, 0.15) is 0 Å². The Morgan fingerprint density at radius 2 is 0.750 bits per heavy atom. The normalized spacial score (nSPS) is 10.9. The highest BCUT2D eigenvalue weighted by Crippen LogP contribution is 2.47. The second-order valence-electron chi connectivity index (χ2n) is 7.16. The van der Waals surface area contributed by atoms with Crippen LogP contribution in [0.5, 0.6) is 46.0 Å². The summed E-state index contributed by atoms with van der Waals surface area (Å²) in [4.78, 5) is 0. The molecule has 8 nitrogen and oxygen atoms in total. The van der Waals surface area contributed by atoms with Gasteiger partial charge in [0, 0.05) is 22.8 Å². The molecule has 8 heteroatoms. The molecule has 0 bridgehead atoms. The van der Waals surface area contributed by atoms with E-state index in [1.807, 2.05) is 0 Å². The van der Waals surface area contributed by atoms with E-state index in [2.05, 4.69) is 0 Å². The van der Waals surface area contributed by atoms with Crippen molar-refractivity contribution in [3.63, 3.8) is 0 Å². The molecule has 0 unspecified atom stereocenters. The van der Waals surface area contributed by atoms with Gasteiger partial charge < -0.3 is 40.9 Å². The van der Waals surface area contributed by atoms with Crippen LogP contribution >= 0.6 is 0 Å². The van der Waals surface area contributed by atoms with Gasteiger partial charge >= 0.3 is 0 Å². The molecule has 0 saturated heterocycles. The summed E-state index contributed by atoms with van der Waals surface area (Å²) in [5.74, 6) is -4.01. The molecule has 0 aliphatic carbocycles. The highest BCUT2D eigenvalue weighted by molar-refractivity contribution is 5.87. The maximum absolute atomic E-state index is 10.4. The topological polar surface area (TPSA) is 162 Å². The lowest BCUT2D eigenvalue weighted by Gasteiger charge is -2.15. The van der Waals surface area contributed by atoms with E-state index in [0.29, 0.717) is 22.3 Å². The monoisotopic (exact) mass is 434 g/mol. The summed E-state index contributed by atoms with van der Waals surface area (Å²) >= 11 is 0. The predicted molar refractivity (Wildman–Crippen MR) is 116 cm³/mol. The van der Waals surface area contributed by atoms with E-state index in [-0.39, 0.29) is 22.6 Å². The summed E-state index contributed by atoms with van der Waals surface area (Å²) < 4.78 is 0. The van der Waals surface area contributed by atoms with Gasteiger partial charge in [0.25, 0.3) is 0 Å². The first-order valence-corrected chi connectivity index (χ1v) is 9.33. The van der Waals surface area contributed by atoms with Crippen LogP contribution in [0.2, 0.25) is 0 Å². The minimum Gasteiger partial charge on any atom is -0.508 e. The zero-order valence-corrected chi connectivity index (χ0v) is 16.4. The Morgan fingerprint density at radius 1 is 0.344 bits per heavy atom. The highest BCUT2D eigenvalue weighted by Gasteiger charge is 2.18. The van der Waals surface area contributed by atoms with E-state index >= 15 is 0 Å². The van der Waals surface area contributed by atoms with Gasteiger partial charge in [-0.1, -0.05) is 0 Å². The molecule has 0 amide bonds. The second kappa shape index (κ2) is 7.51. The van der Waals surface area contributed by atoms with Gasteiger partial charge in [0.2, 0.25) is 11.5 Å². The molecule has 0 atom stereocenters. The van der Waals surface area contributed by atoms with Crippen LogP contribution in [0.25, 0.3) is 33.4 Å². The van der Waals surface area contributed by atoms with E-state index in [4.69, 9.17) is 0 Å². The van der Waals surface area contributed by atoms with Crippen LogP contribution in [0.15, 0.2) is 60.7 Å². The third-order valence-corrected chi connectivity index (χ3v) is 5.11. The molecule has 0 aromatic heterocycles. The number of rotatable bonds is 3. The first-order valence-electron chi connectivity index (χ1n) is 9.33. The third-order valence-electron chi connectivity index (χ3n) is 5.11. The first kappa shape index (κ1) is 20.5. The Hall–Kier alpha value is -4.72. The standard InChI is InChI=1S/C24H18O8/c25-14-1-2-15(20(28)10-14)11-7-12(16-3-5-18(26)23(31)21(16)29)9-13(8-11)17-4-6-19(27)24(32)22(17)30/h1-10,25-32H. The summed E-state index contributed by atoms with van der Waals surface area (Å²) in [7, 11) is 0. The van der Waals surface area contributed by atoms with Crippen molar-refractivity contribution in [3.05, 3.63) is 60.7 Å². The lowest BCUT2D eigenvalue weighted by Crippen LogP contribution is -1.88. The number of aromatic hydroxyl groups is 8. The number of phenols is 8. The molecule has 0 fully saturated rings. The zero-order chi connectivity index (χ0) is 23.2. The Bertz CT molecular complexity index is 1290. The molecule has 162 valence electrons. The van der Waals surface area contributed by atoms with Crippen molar-refractivity contribution in [2.45, 2.75) is 0 Å². The molecule has 32 heavy (non-hydrogen) atoms. The minimum absolute atomic E-state index is 0.143. The maximum Gasteiger partial charge on any atom is 0.200 e. The van der Waals surface area contributed by atoms with Crippen molar-refractivity contribution in [2.24, 2.45) is 0 Å². The van der Waals surface area contributed by atoms with Gasteiger partial charge in [-0.3, -0.25) is 0 Å². The van der Waals surface area contributed by atoms with E-state index in [0.717, 1.165) is 6.07 Å². The Labute approximate surface area is 181 Å². The highest BCUT2D eigenvalue weighted by atomic mass is 16.3. The average molecular weight is 434 g/mol. The molecule has 0 saturated carbocycles. The predicted octanol–water partition coefficient (Wildman–Crippen LogP) is 4.33. The van der Waals surface area contributed by atoms with Crippen molar-refractivity contribution < 1.29 is 40.9 Å². The Morgan fingerprint density at radius 3 is 1.19 bits per heavy atom. The zero-order valence-electron chi connectivity index (χ0n) is 16.4. The summed E-state index contributed by atoms with van der Waals surface area (Å²) in [6.45, 7) is 0. The first-order chi connectivity index (χ1) is 15.2.